The van der Waals surface area contributed by atoms with Gasteiger partial charge in [-0.3, -0.25) is 0 Å². The molecule has 106 valence electrons. The SMILES string of the molecule is CCCC1CN(CC2CCCCN2C)CCCN1. The molecule has 0 aliphatic carbocycles. The molecule has 2 heterocycles. The van der Waals surface area contributed by atoms with Crippen molar-refractivity contribution in [3.8, 4) is 0 Å². The quantitative estimate of drug-likeness (QED) is 0.826. The largest absolute Gasteiger partial charge is 0.313 e. The maximum atomic E-state index is 3.71. The number of hydrogen-bond acceptors (Lipinski definition) is 3. The first-order valence-electron chi connectivity index (χ1n) is 7.95. The highest BCUT2D eigenvalue weighted by atomic mass is 15.2. The van der Waals surface area contributed by atoms with E-state index in [1.807, 2.05) is 0 Å². The molecule has 2 rings (SSSR count). The second kappa shape index (κ2) is 7.46. The first-order chi connectivity index (χ1) is 8.79. The first kappa shape index (κ1) is 14.3. The van der Waals surface area contributed by atoms with Crippen LogP contribution in [0.3, 0.4) is 0 Å². The Morgan fingerprint density at radius 1 is 1.17 bits per heavy atom. The van der Waals surface area contributed by atoms with Crippen molar-refractivity contribution >= 4 is 0 Å². The van der Waals surface area contributed by atoms with Crippen molar-refractivity contribution in [3.05, 3.63) is 0 Å². The Hall–Kier alpha value is -0.120. The van der Waals surface area contributed by atoms with Gasteiger partial charge in [-0.15, -0.1) is 0 Å². The van der Waals surface area contributed by atoms with Crippen LogP contribution in [0.15, 0.2) is 0 Å². The summed E-state index contributed by atoms with van der Waals surface area (Å²) >= 11 is 0. The molecule has 0 amide bonds. The van der Waals surface area contributed by atoms with Gasteiger partial charge < -0.3 is 15.1 Å². The van der Waals surface area contributed by atoms with E-state index in [1.54, 1.807) is 0 Å². The Labute approximate surface area is 113 Å². The summed E-state index contributed by atoms with van der Waals surface area (Å²) in [6, 6.07) is 1.53. The molecule has 2 unspecified atom stereocenters. The van der Waals surface area contributed by atoms with Gasteiger partial charge in [-0.2, -0.15) is 0 Å². The van der Waals surface area contributed by atoms with E-state index in [-0.39, 0.29) is 0 Å². The molecule has 0 saturated carbocycles. The average Bonchev–Trinajstić information content (AvgIpc) is 2.58. The van der Waals surface area contributed by atoms with Crippen LogP contribution in [-0.2, 0) is 0 Å². The summed E-state index contributed by atoms with van der Waals surface area (Å²) < 4.78 is 0. The Morgan fingerprint density at radius 2 is 2.06 bits per heavy atom. The zero-order valence-corrected chi connectivity index (χ0v) is 12.3. The topological polar surface area (TPSA) is 18.5 Å². The van der Waals surface area contributed by atoms with E-state index in [4.69, 9.17) is 0 Å². The molecule has 2 fully saturated rings. The molecule has 0 radical (unpaired) electrons. The van der Waals surface area contributed by atoms with Gasteiger partial charge in [0.1, 0.15) is 0 Å². The minimum Gasteiger partial charge on any atom is -0.313 e. The molecule has 0 spiro atoms. The summed E-state index contributed by atoms with van der Waals surface area (Å²) in [4.78, 5) is 5.30. The molecular weight excluding hydrogens is 222 g/mol. The van der Waals surface area contributed by atoms with E-state index in [0.717, 1.165) is 12.1 Å². The molecule has 3 nitrogen and oxygen atoms in total. The van der Waals surface area contributed by atoms with Crippen molar-refractivity contribution in [3.63, 3.8) is 0 Å². The number of likely N-dealkylation sites (tertiary alicyclic amines) is 1. The number of nitrogens with one attached hydrogen (secondary N) is 1. The number of likely N-dealkylation sites (N-methyl/N-ethyl adjacent to an activating group) is 1. The first-order valence-corrected chi connectivity index (χ1v) is 7.95. The molecule has 0 aromatic rings. The molecule has 0 aromatic carbocycles. The van der Waals surface area contributed by atoms with Crippen molar-refractivity contribution in [2.75, 3.05) is 39.8 Å². The van der Waals surface area contributed by atoms with Crippen molar-refractivity contribution in [2.45, 2.75) is 57.5 Å². The lowest BCUT2D eigenvalue weighted by atomic mass is 10.0. The molecule has 18 heavy (non-hydrogen) atoms. The van der Waals surface area contributed by atoms with Crippen LogP contribution in [0.4, 0.5) is 0 Å². The van der Waals surface area contributed by atoms with Gasteiger partial charge in [0.2, 0.25) is 0 Å². The molecule has 2 saturated heterocycles. The van der Waals surface area contributed by atoms with Crippen molar-refractivity contribution in [1.82, 2.24) is 15.1 Å². The standard InChI is InChI=1S/C15H31N3/c1-3-7-14-12-18(11-6-9-16-14)13-15-8-4-5-10-17(15)2/h14-16H,3-13H2,1-2H3. The highest BCUT2D eigenvalue weighted by Gasteiger charge is 2.24. The van der Waals surface area contributed by atoms with E-state index >= 15 is 0 Å². The zero-order chi connectivity index (χ0) is 12.8. The fourth-order valence-corrected chi connectivity index (χ4v) is 3.46. The van der Waals surface area contributed by atoms with Gasteiger partial charge in [-0.25, -0.2) is 0 Å². The summed E-state index contributed by atoms with van der Waals surface area (Å²) in [5.41, 5.74) is 0. The van der Waals surface area contributed by atoms with Gasteiger partial charge in [0.15, 0.2) is 0 Å². The summed E-state index contributed by atoms with van der Waals surface area (Å²) in [7, 11) is 2.31. The Kier molecular flexibility index (Phi) is 5.93. The summed E-state index contributed by atoms with van der Waals surface area (Å²) in [6.07, 6.45) is 8.17. The van der Waals surface area contributed by atoms with Gasteiger partial charge in [0, 0.05) is 25.2 Å². The van der Waals surface area contributed by atoms with Crippen molar-refractivity contribution < 1.29 is 0 Å². The van der Waals surface area contributed by atoms with E-state index in [2.05, 4.69) is 29.1 Å². The lowest BCUT2D eigenvalue weighted by Crippen LogP contribution is -2.47. The zero-order valence-electron chi connectivity index (χ0n) is 12.3. The van der Waals surface area contributed by atoms with Gasteiger partial charge in [-0.1, -0.05) is 19.8 Å². The lowest BCUT2D eigenvalue weighted by Gasteiger charge is -2.36. The van der Waals surface area contributed by atoms with E-state index in [1.165, 1.54) is 71.2 Å². The molecule has 2 aliphatic heterocycles. The van der Waals surface area contributed by atoms with Crippen LogP contribution >= 0.6 is 0 Å². The number of rotatable bonds is 4. The van der Waals surface area contributed by atoms with E-state index in [0.29, 0.717) is 0 Å². The molecule has 0 aromatic heterocycles. The number of nitrogens with zero attached hydrogens (tertiary/aromatic N) is 2. The lowest BCUT2D eigenvalue weighted by molar-refractivity contribution is 0.126. The summed E-state index contributed by atoms with van der Waals surface area (Å²) in [6.45, 7) is 8.65. The third kappa shape index (κ3) is 4.22. The van der Waals surface area contributed by atoms with Gasteiger partial charge in [0.25, 0.3) is 0 Å². The van der Waals surface area contributed by atoms with Crippen LogP contribution in [0.2, 0.25) is 0 Å². The monoisotopic (exact) mass is 253 g/mol. The molecule has 2 aliphatic rings. The van der Waals surface area contributed by atoms with Crippen LogP contribution in [0.25, 0.3) is 0 Å². The van der Waals surface area contributed by atoms with Crippen LogP contribution in [0.1, 0.15) is 45.4 Å². The molecule has 2 atom stereocenters. The molecule has 0 bridgehead atoms. The van der Waals surface area contributed by atoms with Crippen LogP contribution < -0.4 is 5.32 Å². The second-order valence-electron chi connectivity index (χ2n) is 6.18. The minimum atomic E-state index is 0.728. The van der Waals surface area contributed by atoms with Gasteiger partial charge >= 0.3 is 0 Å². The molecular formula is C15H31N3. The predicted molar refractivity (Wildman–Crippen MR) is 78.0 cm³/mol. The Morgan fingerprint density at radius 3 is 2.83 bits per heavy atom. The minimum absolute atomic E-state index is 0.728. The summed E-state index contributed by atoms with van der Waals surface area (Å²) in [5.74, 6) is 0. The van der Waals surface area contributed by atoms with Crippen molar-refractivity contribution in [2.24, 2.45) is 0 Å². The van der Waals surface area contributed by atoms with E-state index in [9.17, 15) is 0 Å². The average molecular weight is 253 g/mol. The third-order valence-corrected chi connectivity index (χ3v) is 4.59. The van der Waals surface area contributed by atoms with Crippen LogP contribution in [0, 0.1) is 0 Å². The smallest absolute Gasteiger partial charge is 0.0220 e. The normalized spacial score (nSPS) is 32.3. The highest BCUT2D eigenvalue weighted by Crippen LogP contribution is 2.17. The maximum Gasteiger partial charge on any atom is 0.0220 e. The van der Waals surface area contributed by atoms with Gasteiger partial charge in [0.05, 0.1) is 0 Å². The predicted octanol–water partition coefficient (Wildman–Crippen LogP) is 1.93. The van der Waals surface area contributed by atoms with Crippen LogP contribution in [-0.4, -0.2) is 61.7 Å². The fraction of sp³-hybridized carbons (Fsp3) is 1.00. The fourth-order valence-electron chi connectivity index (χ4n) is 3.46. The number of piperidine rings is 1. The van der Waals surface area contributed by atoms with E-state index < -0.39 is 0 Å². The molecule has 1 N–H and O–H groups in total. The Balaban J connectivity index is 1.82. The third-order valence-electron chi connectivity index (χ3n) is 4.59. The van der Waals surface area contributed by atoms with Crippen LogP contribution in [0.5, 0.6) is 0 Å². The highest BCUT2D eigenvalue weighted by molar-refractivity contribution is 4.82. The summed E-state index contributed by atoms with van der Waals surface area (Å²) in [5, 5.41) is 3.71. The van der Waals surface area contributed by atoms with Gasteiger partial charge in [-0.05, 0) is 52.4 Å². The Bertz CT molecular complexity index is 232. The number of hydrogen-bond donors (Lipinski definition) is 1. The maximum absolute atomic E-state index is 3.71. The molecule has 3 heteroatoms. The second-order valence-corrected chi connectivity index (χ2v) is 6.18. The van der Waals surface area contributed by atoms with Crippen molar-refractivity contribution in [1.29, 1.82) is 0 Å².